The van der Waals surface area contributed by atoms with Gasteiger partial charge in [-0.05, 0) is 24.8 Å². The van der Waals surface area contributed by atoms with Crippen molar-refractivity contribution in [3.63, 3.8) is 0 Å². The van der Waals surface area contributed by atoms with Gasteiger partial charge in [0.1, 0.15) is 12.1 Å². The van der Waals surface area contributed by atoms with Crippen LogP contribution in [0.5, 0.6) is 0 Å². The second kappa shape index (κ2) is 6.89. The zero-order chi connectivity index (χ0) is 17.1. The second-order valence-corrected chi connectivity index (χ2v) is 6.39. The topological polar surface area (TPSA) is 70.6 Å². The van der Waals surface area contributed by atoms with Crippen molar-refractivity contribution in [2.45, 2.75) is 38.3 Å². The monoisotopic (exact) mass is 332 g/mol. The lowest BCUT2D eigenvalue weighted by atomic mass is 10.0. The smallest absolute Gasteiger partial charge is 0.163 e. The molecule has 1 saturated heterocycles. The quantitative estimate of drug-likeness (QED) is 0.718. The molecule has 1 aromatic carbocycles. The summed E-state index contributed by atoms with van der Waals surface area (Å²) in [5, 5.41) is 14.2. The molecule has 25 heavy (non-hydrogen) atoms. The first-order valence-electron chi connectivity index (χ1n) is 8.71. The van der Waals surface area contributed by atoms with E-state index in [4.69, 9.17) is 5.26 Å². The molecule has 1 fully saturated rings. The van der Waals surface area contributed by atoms with Crippen LogP contribution in [0.25, 0.3) is 11.0 Å². The van der Waals surface area contributed by atoms with Crippen LogP contribution in [0, 0.1) is 11.3 Å². The number of fused-ring (bicyclic) bond motifs is 1. The van der Waals surface area contributed by atoms with Gasteiger partial charge in [-0.2, -0.15) is 10.4 Å². The van der Waals surface area contributed by atoms with Crippen LogP contribution in [0.4, 0.5) is 5.82 Å². The van der Waals surface area contributed by atoms with Gasteiger partial charge in [0, 0.05) is 12.6 Å². The van der Waals surface area contributed by atoms with E-state index in [1.165, 1.54) is 18.4 Å². The average molecular weight is 332 g/mol. The highest BCUT2D eigenvalue weighted by atomic mass is 15.3. The summed E-state index contributed by atoms with van der Waals surface area (Å²) >= 11 is 0. The van der Waals surface area contributed by atoms with E-state index >= 15 is 0 Å². The maximum Gasteiger partial charge on any atom is 0.163 e. The molecule has 2 aromatic heterocycles. The summed E-state index contributed by atoms with van der Waals surface area (Å²) in [6.07, 6.45) is 7.24. The first-order chi connectivity index (χ1) is 12.4. The molecule has 1 aliphatic rings. The largest absolute Gasteiger partial charge is 0.353 e. The van der Waals surface area contributed by atoms with Crippen molar-refractivity contribution in [2.75, 3.05) is 11.4 Å². The Kier molecular flexibility index (Phi) is 4.30. The van der Waals surface area contributed by atoms with Crippen molar-refractivity contribution < 1.29 is 0 Å². The lowest BCUT2D eigenvalue weighted by Crippen LogP contribution is -2.31. The van der Waals surface area contributed by atoms with E-state index in [0.717, 1.165) is 29.8 Å². The maximum absolute atomic E-state index is 8.81. The van der Waals surface area contributed by atoms with E-state index in [2.05, 4.69) is 56.4 Å². The minimum absolute atomic E-state index is 0.427. The molecule has 3 heterocycles. The molecule has 0 saturated carbocycles. The van der Waals surface area contributed by atoms with Gasteiger partial charge in [-0.15, -0.1) is 0 Å². The molecule has 1 aliphatic heterocycles. The molecule has 0 unspecified atom stereocenters. The van der Waals surface area contributed by atoms with Crippen molar-refractivity contribution in [3.05, 3.63) is 48.4 Å². The van der Waals surface area contributed by atoms with Gasteiger partial charge in [-0.1, -0.05) is 30.3 Å². The summed E-state index contributed by atoms with van der Waals surface area (Å²) in [5.74, 6) is 0.964. The zero-order valence-corrected chi connectivity index (χ0v) is 14.0. The molecule has 6 nitrogen and oxygen atoms in total. The molecular weight excluding hydrogens is 312 g/mol. The minimum atomic E-state index is 0.427. The second-order valence-electron chi connectivity index (χ2n) is 6.39. The highest BCUT2D eigenvalue weighted by Crippen LogP contribution is 2.30. The number of benzene rings is 1. The highest BCUT2D eigenvalue weighted by Gasteiger charge is 2.28. The Balaban J connectivity index is 1.64. The fourth-order valence-electron chi connectivity index (χ4n) is 3.64. The third-order valence-electron chi connectivity index (χ3n) is 4.81. The molecule has 0 N–H and O–H groups in total. The van der Waals surface area contributed by atoms with Crippen LogP contribution >= 0.6 is 0 Å². The highest BCUT2D eigenvalue weighted by molar-refractivity contribution is 5.87. The Morgan fingerprint density at radius 3 is 2.92 bits per heavy atom. The fraction of sp³-hybridized carbons (Fsp3) is 0.368. The summed E-state index contributed by atoms with van der Waals surface area (Å²) in [6, 6.07) is 13.2. The Morgan fingerprint density at radius 1 is 1.20 bits per heavy atom. The summed E-state index contributed by atoms with van der Waals surface area (Å²) in [5.41, 5.74) is 2.17. The summed E-state index contributed by atoms with van der Waals surface area (Å²) < 4.78 is 1.80. The minimum Gasteiger partial charge on any atom is -0.353 e. The Hall–Kier alpha value is -2.94. The van der Waals surface area contributed by atoms with Gasteiger partial charge in [-0.25, -0.2) is 14.6 Å². The van der Waals surface area contributed by atoms with E-state index in [9.17, 15) is 0 Å². The fourth-order valence-corrected chi connectivity index (χ4v) is 3.64. The van der Waals surface area contributed by atoms with Gasteiger partial charge in [-0.3, -0.25) is 0 Å². The Morgan fingerprint density at radius 2 is 2.08 bits per heavy atom. The molecule has 0 amide bonds. The van der Waals surface area contributed by atoms with Gasteiger partial charge in [0.15, 0.2) is 5.65 Å². The molecular formula is C19H20N6. The average Bonchev–Trinajstić information content (AvgIpc) is 3.27. The third-order valence-corrected chi connectivity index (χ3v) is 4.81. The number of aryl methyl sites for hydroxylation is 1. The molecule has 3 aromatic rings. The zero-order valence-electron chi connectivity index (χ0n) is 14.0. The first-order valence-corrected chi connectivity index (χ1v) is 8.71. The predicted molar refractivity (Wildman–Crippen MR) is 96.1 cm³/mol. The van der Waals surface area contributed by atoms with Gasteiger partial charge in [0.25, 0.3) is 0 Å². The molecule has 6 heteroatoms. The van der Waals surface area contributed by atoms with E-state index in [1.54, 1.807) is 11.0 Å². The molecule has 0 aliphatic carbocycles. The standard InChI is InChI=1S/C19H20N6/c20-9-5-11-25-19-17(13-23-25)18(21-14-22-19)24-10-4-8-16(24)12-15-6-2-1-3-7-15/h1-3,6-7,13-14,16H,4-5,8,10-12H2/t16-/m0/s1. The van der Waals surface area contributed by atoms with Crippen molar-refractivity contribution in [3.8, 4) is 6.07 Å². The Labute approximate surface area is 146 Å². The lowest BCUT2D eigenvalue weighted by Gasteiger charge is -2.26. The SMILES string of the molecule is N#CCCn1ncc2c(N3CCC[C@H]3Cc3ccccc3)ncnc21. The van der Waals surface area contributed by atoms with Crippen LogP contribution in [-0.2, 0) is 13.0 Å². The van der Waals surface area contributed by atoms with Crippen molar-refractivity contribution in [1.29, 1.82) is 5.26 Å². The molecule has 0 radical (unpaired) electrons. The summed E-state index contributed by atoms with van der Waals surface area (Å²) in [4.78, 5) is 11.4. The number of aromatic nitrogens is 4. The van der Waals surface area contributed by atoms with Crippen molar-refractivity contribution in [2.24, 2.45) is 0 Å². The van der Waals surface area contributed by atoms with Crippen LogP contribution in [0.1, 0.15) is 24.8 Å². The van der Waals surface area contributed by atoms with E-state index in [1.807, 2.05) is 6.20 Å². The van der Waals surface area contributed by atoms with Crippen LogP contribution < -0.4 is 4.90 Å². The number of nitriles is 1. The predicted octanol–water partition coefficient (Wildman–Crippen LogP) is 2.95. The van der Waals surface area contributed by atoms with E-state index in [0.29, 0.717) is 19.0 Å². The van der Waals surface area contributed by atoms with Crippen molar-refractivity contribution >= 4 is 16.9 Å². The van der Waals surface area contributed by atoms with Crippen LogP contribution in [0.15, 0.2) is 42.9 Å². The van der Waals surface area contributed by atoms with Gasteiger partial charge in [0.2, 0.25) is 0 Å². The molecule has 0 spiro atoms. The van der Waals surface area contributed by atoms with Crippen LogP contribution in [0.3, 0.4) is 0 Å². The summed E-state index contributed by atoms with van der Waals surface area (Å²) in [7, 11) is 0. The van der Waals surface area contributed by atoms with Crippen LogP contribution in [0.2, 0.25) is 0 Å². The molecule has 1 atom stereocenters. The van der Waals surface area contributed by atoms with Crippen LogP contribution in [-0.4, -0.2) is 32.3 Å². The van der Waals surface area contributed by atoms with E-state index in [-0.39, 0.29) is 0 Å². The molecule has 0 bridgehead atoms. The van der Waals surface area contributed by atoms with Gasteiger partial charge in [0.05, 0.1) is 30.6 Å². The lowest BCUT2D eigenvalue weighted by molar-refractivity contribution is 0.642. The Bertz CT molecular complexity index is 895. The number of rotatable bonds is 5. The first kappa shape index (κ1) is 15.6. The number of nitrogens with zero attached hydrogens (tertiary/aromatic N) is 6. The molecule has 4 rings (SSSR count). The van der Waals surface area contributed by atoms with Gasteiger partial charge < -0.3 is 4.90 Å². The third kappa shape index (κ3) is 3.05. The number of anilines is 1. The molecule has 126 valence electrons. The summed E-state index contributed by atoms with van der Waals surface area (Å²) in [6.45, 7) is 1.57. The normalized spacial score (nSPS) is 17.1. The number of hydrogen-bond donors (Lipinski definition) is 0. The number of hydrogen-bond acceptors (Lipinski definition) is 5. The van der Waals surface area contributed by atoms with Crippen molar-refractivity contribution in [1.82, 2.24) is 19.7 Å². The van der Waals surface area contributed by atoms with E-state index < -0.39 is 0 Å². The maximum atomic E-state index is 8.81. The van der Waals surface area contributed by atoms with Gasteiger partial charge >= 0.3 is 0 Å².